The van der Waals surface area contributed by atoms with Crippen LogP contribution in [-0.4, -0.2) is 23.1 Å². The third-order valence-corrected chi connectivity index (χ3v) is 3.21. The maximum atomic E-state index is 5.96. The molecule has 1 saturated heterocycles. The van der Waals surface area contributed by atoms with Crippen molar-refractivity contribution in [1.29, 1.82) is 0 Å². The van der Waals surface area contributed by atoms with Gasteiger partial charge in [-0.3, -0.25) is 0 Å². The molecule has 0 amide bonds. The van der Waals surface area contributed by atoms with E-state index in [-0.39, 0.29) is 0 Å². The second-order valence-corrected chi connectivity index (χ2v) is 5.67. The van der Waals surface area contributed by atoms with Crippen LogP contribution in [0, 0.1) is 12.3 Å². The van der Waals surface area contributed by atoms with Crippen LogP contribution in [0.3, 0.4) is 0 Å². The molecule has 16 heavy (non-hydrogen) atoms. The van der Waals surface area contributed by atoms with Gasteiger partial charge in [-0.1, -0.05) is 25.4 Å². The summed E-state index contributed by atoms with van der Waals surface area (Å²) >= 11 is 5.96. The Balaban J connectivity index is 2.23. The smallest absolute Gasteiger partial charge is 0.134 e. The molecular formula is C12H18ClN3. The van der Waals surface area contributed by atoms with Gasteiger partial charge >= 0.3 is 0 Å². The summed E-state index contributed by atoms with van der Waals surface area (Å²) in [4.78, 5) is 10.9. The molecule has 1 aliphatic rings. The topological polar surface area (TPSA) is 29.0 Å². The lowest BCUT2D eigenvalue weighted by molar-refractivity contribution is 0.292. The van der Waals surface area contributed by atoms with Crippen molar-refractivity contribution in [1.82, 2.24) is 9.97 Å². The zero-order valence-electron chi connectivity index (χ0n) is 10.1. The minimum absolute atomic E-state index is 0.365. The molecule has 1 fully saturated rings. The fourth-order valence-electron chi connectivity index (χ4n) is 2.30. The van der Waals surface area contributed by atoms with E-state index in [9.17, 15) is 0 Å². The van der Waals surface area contributed by atoms with Crippen LogP contribution in [0.2, 0.25) is 5.15 Å². The normalized spacial score (nSPS) is 19.9. The lowest BCUT2D eigenvalue weighted by Crippen LogP contribution is -2.40. The van der Waals surface area contributed by atoms with Crippen molar-refractivity contribution in [2.75, 3.05) is 18.0 Å². The molecule has 0 radical (unpaired) electrons. The van der Waals surface area contributed by atoms with Crippen LogP contribution in [-0.2, 0) is 0 Å². The number of aromatic nitrogens is 2. The molecule has 88 valence electrons. The highest BCUT2D eigenvalue weighted by molar-refractivity contribution is 6.29. The molecule has 0 spiro atoms. The quantitative estimate of drug-likeness (QED) is 0.706. The van der Waals surface area contributed by atoms with E-state index < -0.39 is 0 Å². The third kappa shape index (κ3) is 2.64. The summed E-state index contributed by atoms with van der Waals surface area (Å²) < 4.78 is 0. The second kappa shape index (κ2) is 4.21. The van der Waals surface area contributed by atoms with Crippen molar-refractivity contribution in [2.24, 2.45) is 5.41 Å². The van der Waals surface area contributed by atoms with E-state index in [0.717, 1.165) is 24.7 Å². The Kier molecular flexibility index (Phi) is 3.06. The van der Waals surface area contributed by atoms with E-state index in [1.165, 1.54) is 12.8 Å². The van der Waals surface area contributed by atoms with Gasteiger partial charge in [-0.15, -0.1) is 0 Å². The molecular weight excluding hydrogens is 222 g/mol. The summed E-state index contributed by atoms with van der Waals surface area (Å²) in [6.45, 7) is 8.59. The van der Waals surface area contributed by atoms with Gasteiger partial charge in [0.25, 0.3) is 0 Å². The Morgan fingerprint density at radius 3 is 2.75 bits per heavy atom. The van der Waals surface area contributed by atoms with Gasteiger partial charge in [-0.25, -0.2) is 9.97 Å². The van der Waals surface area contributed by atoms with Crippen LogP contribution < -0.4 is 4.90 Å². The van der Waals surface area contributed by atoms with Crippen molar-refractivity contribution in [3.8, 4) is 0 Å². The Bertz CT molecular complexity index is 370. The van der Waals surface area contributed by atoms with E-state index in [1.54, 1.807) is 0 Å². The summed E-state index contributed by atoms with van der Waals surface area (Å²) in [7, 11) is 0. The molecule has 0 unspecified atom stereocenters. The summed E-state index contributed by atoms with van der Waals surface area (Å²) in [6.07, 6.45) is 2.50. The third-order valence-electron chi connectivity index (χ3n) is 3.02. The van der Waals surface area contributed by atoms with Crippen LogP contribution in [0.1, 0.15) is 32.5 Å². The number of anilines is 1. The average molecular weight is 240 g/mol. The molecule has 1 aromatic heterocycles. The molecule has 0 aromatic carbocycles. The van der Waals surface area contributed by atoms with Gasteiger partial charge in [-0.05, 0) is 25.2 Å². The Hall–Kier alpha value is -0.830. The minimum atomic E-state index is 0.365. The molecule has 2 rings (SSSR count). The first kappa shape index (κ1) is 11.6. The number of rotatable bonds is 1. The first-order valence-corrected chi connectivity index (χ1v) is 6.10. The molecule has 4 heteroatoms. The van der Waals surface area contributed by atoms with E-state index >= 15 is 0 Å². The Morgan fingerprint density at radius 1 is 1.38 bits per heavy atom. The van der Waals surface area contributed by atoms with Crippen LogP contribution in [0.5, 0.6) is 0 Å². The van der Waals surface area contributed by atoms with Crippen LogP contribution in [0.4, 0.5) is 5.82 Å². The molecule has 0 saturated carbocycles. The predicted octanol–water partition coefficient (Wildman–Crippen LogP) is 3.06. The van der Waals surface area contributed by atoms with Gasteiger partial charge in [0.15, 0.2) is 0 Å². The number of hydrogen-bond donors (Lipinski definition) is 0. The first-order chi connectivity index (χ1) is 7.46. The minimum Gasteiger partial charge on any atom is -0.356 e. The second-order valence-electron chi connectivity index (χ2n) is 5.29. The van der Waals surface area contributed by atoms with E-state index in [4.69, 9.17) is 11.6 Å². The highest BCUT2D eigenvalue weighted by atomic mass is 35.5. The number of nitrogens with zero attached hydrogens (tertiary/aromatic N) is 3. The van der Waals surface area contributed by atoms with Gasteiger partial charge in [0, 0.05) is 19.2 Å². The van der Waals surface area contributed by atoms with Crippen molar-refractivity contribution in [3.63, 3.8) is 0 Å². The molecule has 3 nitrogen and oxygen atoms in total. The van der Waals surface area contributed by atoms with Crippen molar-refractivity contribution in [3.05, 3.63) is 17.0 Å². The van der Waals surface area contributed by atoms with Crippen LogP contribution in [0.15, 0.2) is 6.07 Å². The van der Waals surface area contributed by atoms with Gasteiger partial charge in [0.05, 0.1) is 0 Å². The number of aryl methyl sites for hydroxylation is 1. The lowest BCUT2D eigenvalue weighted by atomic mass is 9.84. The number of hydrogen-bond acceptors (Lipinski definition) is 3. The highest BCUT2D eigenvalue weighted by Crippen LogP contribution is 2.31. The number of halogens is 1. The zero-order chi connectivity index (χ0) is 11.8. The van der Waals surface area contributed by atoms with Crippen LogP contribution >= 0.6 is 11.6 Å². The highest BCUT2D eigenvalue weighted by Gasteiger charge is 2.27. The molecule has 1 aromatic rings. The predicted molar refractivity (Wildman–Crippen MR) is 67.0 cm³/mol. The van der Waals surface area contributed by atoms with Crippen LogP contribution in [0.25, 0.3) is 0 Å². The molecule has 0 atom stereocenters. The summed E-state index contributed by atoms with van der Waals surface area (Å²) in [5, 5.41) is 0.533. The monoisotopic (exact) mass is 239 g/mol. The van der Waals surface area contributed by atoms with E-state index in [1.807, 2.05) is 13.0 Å². The van der Waals surface area contributed by atoms with Crippen molar-refractivity contribution in [2.45, 2.75) is 33.6 Å². The molecule has 0 bridgehead atoms. The van der Waals surface area contributed by atoms with E-state index in [0.29, 0.717) is 10.6 Å². The van der Waals surface area contributed by atoms with Gasteiger partial charge < -0.3 is 4.90 Å². The molecule has 1 aliphatic heterocycles. The summed E-state index contributed by atoms with van der Waals surface area (Å²) in [6, 6.07) is 1.86. The van der Waals surface area contributed by atoms with Crippen molar-refractivity contribution >= 4 is 17.4 Å². The maximum Gasteiger partial charge on any atom is 0.134 e. The zero-order valence-corrected chi connectivity index (χ0v) is 10.9. The lowest BCUT2D eigenvalue weighted by Gasteiger charge is -2.38. The van der Waals surface area contributed by atoms with Crippen molar-refractivity contribution < 1.29 is 0 Å². The first-order valence-electron chi connectivity index (χ1n) is 5.72. The van der Waals surface area contributed by atoms with Gasteiger partial charge in [0.1, 0.15) is 16.8 Å². The number of piperidine rings is 1. The SMILES string of the molecule is Cc1nc(Cl)cc(N2CCCC(C)(C)C2)n1. The van der Waals surface area contributed by atoms with Gasteiger partial charge in [-0.2, -0.15) is 0 Å². The van der Waals surface area contributed by atoms with Gasteiger partial charge in [0.2, 0.25) is 0 Å². The fourth-order valence-corrected chi connectivity index (χ4v) is 2.52. The Labute approximate surface area is 102 Å². The standard InChI is InChI=1S/C12H18ClN3/c1-9-14-10(13)7-11(15-9)16-6-4-5-12(2,3)8-16/h7H,4-6,8H2,1-3H3. The molecule has 2 heterocycles. The largest absolute Gasteiger partial charge is 0.356 e. The average Bonchev–Trinajstić information content (AvgIpc) is 2.14. The Morgan fingerprint density at radius 2 is 2.12 bits per heavy atom. The summed E-state index contributed by atoms with van der Waals surface area (Å²) in [5.41, 5.74) is 0.365. The fraction of sp³-hybridized carbons (Fsp3) is 0.667. The van der Waals surface area contributed by atoms with E-state index in [2.05, 4.69) is 28.7 Å². The maximum absolute atomic E-state index is 5.96. The molecule has 0 aliphatic carbocycles. The summed E-state index contributed by atoms with van der Waals surface area (Å²) in [5.74, 6) is 1.70. The molecule has 0 N–H and O–H groups in total.